The lowest BCUT2D eigenvalue weighted by Gasteiger charge is -2.17. The molecule has 0 unspecified atom stereocenters. The van der Waals surface area contributed by atoms with Gasteiger partial charge in [-0.3, -0.25) is 0 Å². The first kappa shape index (κ1) is 25.2. The summed E-state index contributed by atoms with van der Waals surface area (Å²) in [6.45, 7) is 6.22. The van der Waals surface area contributed by atoms with Crippen molar-refractivity contribution in [2.24, 2.45) is 0 Å². The molecule has 0 aliphatic carbocycles. The van der Waals surface area contributed by atoms with E-state index >= 15 is 0 Å². The van der Waals surface area contributed by atoms with Gasteiger partial charge in [0.15, 0.2) is 0 Å². The van der Waals surface area contributed by atoms with E-state index in [0.29, 0.717) is 38.8 Å². The Morgan fingerprint density at radius 1 is 0.500 bits per heavy atom. The predicted octanol–water partition coefficient (Wildman–Crippen LogP) is 8.12. The van der Waals surface area contributed by atoms with E-state index in [-0.39, 0.29) is 0 Å². The molecule has 0 amide bonds. The molecule has 0 radical (unpaired) electrons. The summed E-state index contributed by atoms with van der Waals surface area (Å²) in [4.78, 5) is 26.5. The Morgan fingerprint density at radius 2 is 0.895 bits per heavy atom. The molecule has 0 heterocycles. The molecule has 38 heavy (non-hydrogen) atoms. The van der Waals surface area contributed by atoms with Crippen molar-refractivity contribution in [1.29, 1.82) is 0 Å². The van der Waals surface area contributed by atoms with Crippen LogP contribution in [0.3, 0.4) is 0 Å². The molecule has 5 aromatic rings. The number of benzene rings is 5. The molecule has 5 aromatic carbocycles. The van der Waals surface area contributed by atoms with Gasteiger partial charge < -0.3 is 9.47 Å². The molecule has 0 N–H and O–H groups in total. The van der Waals surface area contributed by atoms with Gasteiger partial charge in [0.2, 0.25) is 0 Å². The minimum Gasteiger partial charge on any atom is -0.422 e. The Balaban J connectivity index is 1.64. The van der Waals surface area contributed by atoms with Crippen molar-refractivity contribution in [3.05, 3.63) is 119 Å². The molecule has 0 atom stereocenters. The SMILES string of the molecule is CCc1ccc(C(=O)Oc2c3ccccc3c(OC(=O)c3ccc(CC)cc3)c3cc(CC)ccc23)cc1. The van der Waals surface area contributed by atoms with Gasteiger partial charge in [-0.25, -0.2) is 9.59 Å². The molecule has 0 aliphatic heterocycles. The van der Waals surface area contributed by atoms with Crippen molar-refractivity contribution in [3.63, 3.8) is 0 Å². The number of esters is 2. The number of ether oxygens (including phenoxy) is 2. The Hall–Kier alpha value is -4.44. The van der Waals surface area contributed by atoms with E-state index in [1.165, 1.54) is 0 Å². The monoisotopic (exact) mass is 502 g/mol. The number of hydrogen-bond donors (Lipinski definition) is 0. The molecule has 0 aromatic heterocycles. The number of rotatable bonds is 7. The van der Waals surface area contributed by atoms with Crippen LogP contribution in [-0.2, 0) is 19.3 Å². The lowest BCUT2D eigenvalue weighted by molar-refractivity contribution is 0.0726. The largest absolute Gasteiger partial charge is 0.422 e. The second-order valence-electron chi connectivity index (χ2n) is 9.32. The third-order valence-corrected chi connectivity index (χ3v) is 6.98. The molecular formula is C34H30O4. The summed E-state index contributed by atoms with van der Waals surface area (Å²) in [6, 6.07) is 28.5. The minimum atomic E-state index is -0.431. The molecule has 190 valence electrons. The van der Waals surface area contributed by atoms with E-state index in [9.17, 15) is 9.59 Å². The topological polar surface area (TPSA) is 52.6 Å². The van der Waals surface area contributed by atoms with Crippen LogP contribution in [0.2, 0.25) is 0 Å². The van der Waals surface area contributed by atoms with Gasteiger partial charge in [0.25, 0.3) is 0 Å². The highest BCUT2D eigenvalue weighted by Gasteiger charge is 2.21. The highest BCUT2D eigenvalue weighted by Crippen LogP contribution is 2.43. The van der Waals surface area contributed by atoms with Gasteiger partial charge in [-0.1, -0.05) is 81.4 Å². The first-order chi connectivity index (χ1) is 18.5. The molecule has 0 saturated carbocycles. The predicted molar refractivity (Wildman–Crippen MR) is 152 cm³/mol. The zero-order chi connectivity index (χ0) is 26.6. The van der Waals surface area contributed by atoms with Gasteiger partial charge >= 0.3 is 11.9 Å². The summed E-state index contributed by atoms with van der Waals surface area (Å²) in [6.07, 6.45) is 2.61. The Bertz CT molecular complexity index is 1630. The quantitative estimate of drug-likeness (QED) is 0.128. The van der Waals surface area contributed by atoms with Gasteiger partial charge in [0, 0.05) is 21.5 Å². The summed E-state index contributed by atoms with van der Waals surface area (Å²) in [7, 11) is 0. The van der Waals surface area contributed by atoms with Crippen LogP contribution in [0.15, 0.2) is 91.0 Å². The standard InChI is InChI=1S/C34H30O4/c1-4-22-11-16-25(17-12-22)33(35)37-31-27-9-7-8-10-28(27)32(30-21-24(6-3)15-20-29(30)31)38-34(36)26-18-13-23(5-2)14-19-26/h7-21H,4-6H2,1-3H3. The van der Waals surface area contributed by atoms with Gasteiger partial charge in [0.1, 0.15) is 11.5 Å². The average Bonchev–Trinajstić information content (AvgIpc) is 2.98. The number of fused-ring (bicyclic) bond motifs is 2. The lowest BCUT2D eigenvalue weighted by Crippen LogP contribution is -2.11. The first-order valence-electron chi connectivity index (χ1n) is 13.1. The Labute approximate surface area is 222 Å². The van der Waals surface area contributed by atoms with Crippen molar-refractivity contribution >= 4 is 33.5 Å². The maximum absolute atomic E-state index is 13.2. The minimum absolute atomic E-state index is 0.429. The number of hydrogen-bond acceptors (Lipinski definition) is 4. The fourth-order valence-corrected chi connectivity index (χ4v) is 4.64. The molecule has 4 heteroatoms. The van der Waals surface area contributed by atoms with Crippen LogP contribution in [0.25, 0.3) is 21.5 Å². The van der Waals surface area contributed by atoms with Gasteiger partial charge in [0.05, 0.1) is 11.1 Å². The third kappa shape index (κ3) is 4.90. The summed E-state index contributed by atoms with van der Waals surface area (Å²) in [5.41, 5.74) is 4.36. The number of carbonyl (C=O) groups is 2. The normalized spacial score (nSPS) is 11.0. The maximum atomic E-state index is 13.2. The molecule has 0 spiro atoms. The summed E-state index contributed by atoms with van der Waals surface area (Å²) in [5.74, 6) is 0.0543. The van der Waals surface area contributed by atoms with E-state index in [4.69, 9.17) is 9.47 Å². The summed E-state index contributed by atoms with van der Waals surface area (Å²) >= 11 is 0. The second kappa shape index (κ2) is 10.9. The van der Waals surface area contributed by atoms with Crippen molar-refractivity contribution in [2.75, 3.05) is 0 Å². The van der Waals surface area contributed by atoms with Crippen LogP contribution < -0.4 is 9.47 Å². The molecule has 4 nitrogen and oxygen atoms in total. The molecule has 0 bridgehead atoms. The molecule has 5 rings (SSSR count). The lowest BCUT2D eigenvalue weighted by atomic mass is 9.98. The zero-order valence-corrected chi connectivity index (χ0v) is 21.9. The summed E-state index contributed by atoms with van der Waals surface area (Å²) in [5, 5.41) is 2.84. The first-order valence-corrected chi connectivity index (χ1v) is 13.1. The van der Waals surface area contributed by atoms with Crippen LogP contribution in [-0.4, -0.2) is 11.9 Å². The van der Waals surface area contributed by atoms with Crippen molar-refractivity contribution in [1.82, 2.24) is 0 Å². The number of aryl methyl sites for hydroxylation is 3. The van der Waals surface area contributed by atoms with E-state index in [1.807, 2.05) is 66.7 Å². The second-order valence-corrected chi connectivity index (χ2v) is 9.32. The average molecular weight is 503 g/mol. The highest BCUT2D eigenvalue weighted by molar-refractivity contribution is 6.14. The van der Waals surface area contributed by atoms with Gasteiger partial charge in [-0.05, 0) is 66.3 Å². The maximum Gasteiger partial charge on any atom is 0.343 e. The fraction of sp³-hybridized carbons (Fsp3) is 0.176. The van der Waals surface area contributed by atoms with Crippen LogP contribution in [0.1, 0.15) is 58.2 Å². The Kier molecular flexibility index (Phi) is 7.23. The van der Waals surface area contributed by atoms with Crippen LogP contribution in [0, 0.1) is 0 Å². The van der Waals surface area contributed by atoms with E-state index in [1.54, 1.807) is 24.3 Å². The number of carbonyl (C=O) groups excluding carboxylic acids is 2. The smallest absolute Gasteiger partial charge is 0.343 e. The van der Waals surface area contributed by atoms with E-state index in [0.717, 1.165) is 41.3 Å². The van der Waals surface area contributed by atoms with Crippen LogP contribution in [0.5, 0.6) is 11.5 Å². The molecule has 0 saturated heterocycles. The molecule has 0 fully saturated rings. The molecular weight excluding hydrogens is 472 g/mol. The Morgan fingerprint density at radius 3 is 1.34 bits per heavy atom. The summed E-state index contributed by atoms with van der Waals surface area (Å²) < 4.78 is 12.2. The third-order valence-electron chi connectivity index (χ3n) is 6.98. The van der Waals surface area contributed by atoms with Gasteiger partial charge in [-0.15, -0.1) is 0 Å². The van der Waals surface area contributed by atoms with Crippen molar-refractivity contribution in [3.8, 4) is 11.5 Å². The van der Waals surface area contributed by atoms with Crippen molar-refractivity contribution < 1.29 is 19.1 Å². The van der Waals surface area contributed by atoms with Crippen molar-refractivity contribution in [2.45, 2.75) is 40.0 Å². The fourth-order valence-electron chi connectivity index (χ4n) is 4.64. The highest BCUT2D eigenvalue weighted by atomic mass is 16.5. The van der Waals surface area contributed by atoms with Crippen LogP contribution >= 0.6 is 0 Å². The van der Waals surface area contributed by atoms with Crippen LogP contribution in [0.4, 0.5) is 0 Å². The van der Waals surface area contributed by atoms with E-state index in [2.05, 4.69) is 20.8 Å². The van der Waals surface area contributed by atoms with E-state index < -0.39 is 11.9 Å². The molecule has 0 aliphatic rings. The van der Waals surface area contributed by atoms with Gasteiger partial charge in [-0.2, -0.15) is 0 Å². The zero-order valence-electron chi connectivity index (χ0n) is 21.9.